The largest absolute Gasteiger partial charge is 0.441 e. The van der Waals surface area contributed by atoms with Crippen molar-refractivity contribution in [3.05, 3.63) is 0 Å². The summed E-state index contributed by atoms with van der Waals surface area (Å²) >= 11 is -0.0827. The monoisotopic (exact) mass is 242 g/mol. The number of hydrogen-bond acceptors (Lipinski definition) is 3. The highest BCUT2D eigenvalue weighted by Gasteiger charge is 2.27. The van der Waals surface area contributed by atoms with Crippen molar-refractivity contribution in [1.82, 2.24) is 10.6 Å². The molecule has 0 aliphatic heterocycles. The van der Waals surface area contributed by atoms with Crippen molar-refractivity contribution < 1.29 is 18.0 Å². The van der Waals surface area contributed by atoms with E-state index in [0.717, 1.165) is 12.8 Å². The molecule has 88 valence electrons. The van der Waals surface area contributed by atoms with Gasteiger partial charge in [-0.1, -0.05) is 0 Å². The number of alkyl halides is 3. The fourth-order valence-corrected chi connectivity index (χ4v) is 1.43. The maximum atomic E-state index is 11.7. The summed E-state index contributed by atoms with van der Waals surface area (Å²) in [7, 11) is 0. The lowest BCUT2D eigenvalue weighted by Gasteiger charge is -2.07. The first-order valence-electron chi connectivity index (χ1n) is 4.68. The minimum atomic E-state index is -4.18. The van der Waals surface area contributed by atoms with Gasteiger partial charge < -0.3 is 10.6 Å². The van der Waals surface area contributed by atoms with E-state index >= 15 is 0 Å². The molecular formula is C8H13F3N2OS. The van der Waals surface area contributed by atoms with E-state index in [2.05, 4.69) is 10.6 Å². The Morgan fingerprint density at radius 3 is 2.60 bits per heavy atom. The molecule has 0 aromatic carbocycles. The highest BCUT2D eigenvalue weighted by molar-refractivity contribution is 8.00. The van der Waals surface area contributed by atoms with Crippen molar-refractivity contribution in [1.29, 1.82) is 0 Å². The molecule has 15 heavy (non-hydrogen) atoms. The third kappa shape index (κ3) is 7.49. The molecule has 0 aromatic heterocycles. The maximum Gasteiger partial charge on any atom is 0.441 e. The van der Waals surface area contributed by atoms with E-state index in [-0.39, 0.29) is 36.5 Å². The zero-order chi connectivity index (χ0) is 11.3. The van der Waals surface area contributed by atoms with Gasteiger partial charge in [0.15, 0.2) is 0 Å². The number of halogens is 3. The molecule has 0 bridgehead atoms. The Morgan fingerprint density at radius 1 is 1.40 bits per heavy atom. The van der Waals surface area contributed by atoms with Crippen LogP contribution in [0.5, 0.6) is 0 Å². The summed E-state index contributed by atoms with van der Waals surface area (Å²) in [5.41, 5.74) is -4.18. The fourth-order valence-electron chi connectivity index (χ4n) is 0.947. The predicted octanol–water partition coefficient (Wildman–Crippen LogP) is 1.11. The minimum Gasteiger partial charge on any atom is -0.352 e. The molecule has 0 saturated heterocycles. The number of carbonyl (C=O) groups is 1. The zero-order valence-electron chi connectivity index (χ0n) is 8.06. The van der Waals surface area contributed by atoms with Gasteiger partial charge in [0, 0.05) is 18.3 Å². The van der Waals surface area contributed by atoms with Crippen LogP contribution in [0.15, 0.2) is 0 Å². The average Bonchev–Trinajstić information content (AvgIpc) is 2.85. The van der Waals surface area contributed by atoms with Gasteiger partial charge >= 0.3 is 5.51 Å². The third-order valence-corrected chi connectivity index (χ3v) is 2.51. The standard InChI is InChI=1S/C8H13F3N2OS/c9-8(10,11)15-4-3-12-5-7(14)13-6-1-2-6/h6,12H,1-5H2,(H,13,14). The van der Waals surface area contributed by atoms with Gasteiger partial charge in [0.05, 0.1) is 6.54 Å². The number of thioether (sulfide) groups is 1. The lowest BCUT2D eigenvalue weighted by Crippen LogP contribution is -2.36. The van der Waals surface area contributed by atoms with Crippen LogP contribution in [0.4, 0.5) is 13.2 Å². The van der Waals surface area contributed by atoms with E-state index in [9.17, 15) is 18.0 Å². The number of amides is 1. The van der Waals surface area contributed by atoms with Gasteiger partial charge in [0.1, 0.15) is 0 Å². The summed E-state index contributed by atoms with van der Waals surface area (Å²) < 4.78 is 35.0. The molecule has 2 N–H and O–H groups in total. The van der Waals surface area contributed by atoms with Crippen LogP contribution in [0.2, 0.25) is 0 Å². The molecule has 7 heteroatoms. The lowest BCUT2D eigenvalue weighted by molar-refractivity contribution is -0.120. The second kappa shape index (κ2) is 5.60. The van der Waals surface area contributed by atoms with E-state index in [1.165, 1.54) is 0 Å². The maximum absolute atomic E-state index is 11.7. The Labute approximate surface area is 90.2 Å². The molecule has 0 unspecified atom stereocenters. The molecule has 3 nitrogen and oxygen atoms in total. The summed E-state index contributed by atoms with van der Waals surface area (Å²) in [6, 6.07) is 0.295. The van der Waals surface area contributed by atoms with Crippen LogP contribution in [-0.4, -0.2) is 36.3 Å². The van der Waals surface area contributed by atoms with Crippen molar-refractivity contribution in [2.24, 2.45) is 0 Å². The van der Waals surface area contributed by atoms with E-state index in [4.69, 9.17) is 0 Å². The summed E-state index contributed by atoms with van der Waals surface area (Å²) in [6.45, 7) is 0.275. The molecule has 1 aliphatic carbocycles. The van der Waals surface area contributed by atoms with Gasteiger partial charge in [-0.25, -0.2) is 0 Å². The van der Waals surface area contributed by atoms with Gasteiger partial charge in [0.2, 0.25) is 5.91 Å². The topological polar surface area (TPSA) is 41.1 Å². The van der Waals surface area contributed by atoms with E-state index in [1.807, 2.05) is 0 Å². The van der Waals surface area contributed by atoms with E-state index in [0.29, 0.717) is 6.04 Å². The predicted molar refractivity (Wildman–Crippen MR) is 52.5 cm³/mol. The van der Waals surface area contributed by atoms with Gasteiger partial charge in [0.25, 0.3) is 0 Å². The lowest BCUT2D eigenvalue weighted by atomic mass is 10.5. The van der Waals surface area contributed by atoms with Gasteiger partial charge in [-0.2, -0.15) is 13.2 Å². The molecule has 1 amide bonds. The molecule has 0 aromatic rings. The van der Waals surface area contributed by atoms with Gasteiger partial charge in [-0.3, -0.25) is 4.79 Å². The van der Waals surface area contributed by atoms with Crippen LogP contribution in [0.3, 0.4) is 0 Å². The first-order chi connectivity index (χ1) is 6.97. The smallest absolute Gasteiger partial charge is 0.352 e. The highest BCUT2D eigenvalue weighted by Crippen LogP contribution is 2.29. The molecular weight excluding hydrogens is 229 g/mol. The second-order valence-corrected chi connectivity index (χ2v) is 4.47. The molecule has 0 heterocycles. The van der Waals surface area contributed by atoms with Gasteiger partial charge in [-0.15, -0.1) is 0 Å². The second-order valence-electron chi connectivity index (χ2n) is 3.31. The van der Waals surface area contributed by atoms with Crippen molar-refractivity contribution in [2.75, 3.05) is 18.8 Å². The number of nitrogens with one attached hydrogen (secondary N) is 2. The Kier molecular flexibility index (Phi) is 4.72. The quantitative estimate of drug-likeness (QED) is 0.685. The SMILES string of the molecule is O=C(CNCCSC(F)(F)F)NC1CC1. The first-order valence-corrected chi connectivity index (χ1v) is 5.67. The Morgan fingerprint density at radius 2 is 2.07 bits per heavy atom. The normalized spacial score (nSPS) is 16.5. The summed E-state index contributed by atoms with van der Waals surface area (Å²) in [5, 5.41) is 5.39. The van der Waals surface area contributed by atoms with Crippen molar-refractivity contribution in [3.63, 3.8) is 0 Å². The summed E-state index contributed by atoms with van der Waals surface area (Å²) in [4.78, 5) is 11.1. The van der Waals surface area contributed by atoms with Crippen LogP contribution < -0.4 is 10.6 Å². The average molecular weight is 242 g/mol. The number of rotatable bonds is 6. The number of hydrogen-bond donors (Lipinski definition) is 2. The summed E-state index contributed by atoms with van der Waals surface area (Å²) in [6.07, 6.45) is 2.02. The van der Waals surface area contributed by atoms with Crippen molar-refractivity contribution in [3.8, 4) is 0 Å². The van der Waals surface area contributed by atoms with Crippen molar-refractivity contribution >= 4 is 17.7 Å². The molecule has 1 aliphatic rings. The Balaban J connectivity index is 1.89. The molecule has 1 fully saturated rings. The molecule has 1 rings (SSSR count). The summed E-state index contributed by atoms with van der Waals surface area (Å²) in [5.74, 6) is -0.213. The Bertz CT molecular complexity index is 218. The van der Waals surface area contributed by atoms with Crippen LogP contribution in [0, 0.1) is 0 Å². The Hall–Kier alpha value is -0.430. The van der Waals surface area contributed by atoms with E-state index < -0.39 is 5.51 Å². The number of carbonyl (C=O) groups excluding carboxylic acids is 1. The molecule has 0 radical (unpaired) electrons. The third-order valence-electron chi connectivity index (χ3n) is 1.77. The zero-order valence-corrected chi connectivity index (χ0v) is 8.88. The molecule has 1 saturated carbocycles. The van der Waals surface area contributed by atoms with Crippen LogP contribution in [0.25, 0.3) is 0 Å². The van der Waals surface area contributed by atoms with Gasteiger partial charge in [-0.05, 0) is 24.6 Å². The molecule has 0 spiro atoms. The molecule has 0 atom stereocenters. The van der Waals surface area contributed by atoms with Crippen LogP contribution in [0.1, 0.15) is 12.8 Å². The van der Waals surface area contributed by atoms with Crippen molar-refractivity contribution in [2.45, 2.75) is 24.4 Å². The minimum absolute atomic E-state index is 0.0692. The fraction of sp³-hybridized carbons (Fsp3) is 0.875. The van der Waals surface area contributed by atoms with E-state index in [1.54, 1.807) is 0 Å². The van der Waals surface area contributed by atoms with Crippen LogP contribution >= 0.6 is 11.8 Å². The van der Waals surface area contributed by atoms with Crippen LogP contribution in [-0.2, 0) is 4.79 Å². The first kappa shape index (κ1) is 12.6. The highest BCUT2D eigenvalue weighted by atomic mass is 32.2.